The lowest BCUT2D eigenvalue weighted by Crippen LogP contribution is -2.34. The van der Waals surface area contributed by atoms with Crippen LogP contribution in [0.4, 0.5) is 14.9 Å². The third-order valence-corrected chi connectivity index (χ3v) is 4.39. The number of carbonyl (C=O) groups is 1. The summed E-state index contributed by atoms with van der Waals surface area (Å²) in [4.78, 5) is 13.7. The summed E-state index contributed by atoms with van der Waals surface area (Å²) in [6, 6.07) is 15.4. The van der Waals surface area contributed by atoms with E-state index >= 15 is 0 Å². The number of amides is 1. The highest BCUT2D eigenvalue weighted by Crippen LogP contribution is 2.19. The molecule has 0 bridgehead atoms. The zero-order valence-electron chi connectivity index (χ0n) is 19.9. The van der Waals surface area contributed by atoms with Crippen LogP contribution in [0, 0.1) is 0 Å². The number of hydrogen-bond donors (Lipinski definition) is 0. The molecule has 0 heterocycles. The van der Waals surface area contributed by atoms with Crippen LogP contribution in [0.15, 0.2) is 48.5 Å². The van der Waals surface area contributed by atoms with Crippen LogP contribution in [0.3, 0.4) is 0 Å². The standard InChI is InChI=1S/C26H34FNO5/c1-26(2,3)33-25(29)28(4)23-11-7-21(8-12-23)5-6-22-9-13-24(14-10-22)32-20-19-31-18-17-30-16-15-27/h5-14H,15-20H2,1-4H3. The summed E-state index contributed by atoms with van der Waals surface area (Å²) >= 11 is 0. The van der Waals surface area contributed by atoms with E-state index in [-0.39, 0.29) is 12.7 Å². The van der Waals surface area contributed by atoms with E-state index in [2.05, 4.69) is 0 Å². The number of benzene rings is 2. The fraction of sp³-hybridized carbons (Fsp3) is 0.423. The second-order valence-electron chi connectivity index (χ2n) is 8.30. The molecule has 2 aromatic rings. The van der Waals surface area contributed by atoms with Gasteiger partial charge >= 0.3 is 6.09 Å². The molecule has 2 rings (SSSR count). The Bertz CT molecular complexity index is 860. The first kappa shape index (κ1) is 26.4. The summed E-state index contributed by atoms with van der Waals surface area (Å²) in [6.07, 6.45) is 3.63. The Morgan fingerprint density at radius 3 is 1.91 bits per heavy atom. The molecule has 0 aromatic heterocycles. The van der Waals surface area contributed by atoms with Gasteiger partial charge in [-0.15, -0.1) is 0 Å². The first-order valence-electron chi connectivity index (χ1n) is 11.0. The predicted octanol–water partition coefficient (Wildman–Crippen LogP) is 5.61. The summed E-state index contributed by atoms with van der Waals surface area (Å²) in [6.45, 7) is 6.84. The Balaban J connectivity index is 1.77. The maximum Gasteiger partial charge on any atom is 0.414 e. The van der Waals surface area contributed by atoms with Gasteiger partial charge in [-0.05, 0) is 56.2 Å². The third kappa shape index (κ3) is 10.5. The number of rotatable bonds is 12. The number of carbonyl (C=O) groups excluding carboxylic acids is 1. The molecule has 2 aromatic carbocycles. The molecule has 0 radical (unpaired) electrons. The first-order valence-corrected chi connectivity index (χ1v) is 11.0. The second kappa shape index (κ2) is 13.6. The van der Waals surface area contributed by atoms with Crippen LogP contribution >= 0.6 is 0 Å². The van der Waals surface area contributed by atoms with Gasteiger partial charge in [-0.1, -0.05) is 36.4 Å². The van der Waals surface area contributed by atoms with Crippen molar-refractivity contribution in [2.75, 3.05) is 51.7 Å². The monoisotopic (exact) mass is 459 g/mol. The van der Waals surface area contributed by atoms with Crippen LogP contribution in [0.5, 0.6) is 5.75 Å². The Morgan fingerprint density at radius 2 is 1.36 bits per heavy atom. The van der Waals surface area contributed by atoms with Gasteiger partial charge in [0.05, 0.1) is 26.4 Å². The minimum atomic E-state index is -0.533. The topological polar surface area (TPSA) is 57.2 Å². The number of ether oxygens (including phenoxy) is 4. The van der Waals surface area contributed by atoms with Crippen molar-refractivity contribution in [3.8, 4) is 5.75 Å². The summed E-state index contributed by atoms with van der Waals surface area (Å²) in [5.41, 5.74) is 2.29. The molecule has 6 nitrogen and oxygen atoms in total. The summed E-state index contributed by atoms with van der Waals surface area (Å²) in [5.74, 6) is 0.763. The maximum atomic E-state index is 12.2. The van der Waals surface area contributed by atoms with Crippen molar-refractivity contribution < 1.29 is 28.1 Å². The van der Waals surface area contributed by atoms with E-state index in [1.165, 1.54) is 4.90 Å². The van der Waals surface area contributed by atoms with Crippen LogP contribution in [-0.2, 0) is 14.2 Å². The minimum absolute atomic E-state index is 0.109. The van der Waals surface area contributed by atoms with Gasteiger partial charge in [-0.2, -0.15) is 0 Å². The third-order valence-electron chi connectivity index (χ3n) is 4.39. The maximum absolute atomic E-state index is 12.2. The highest BCUT2D eigenvalue weighted by Gasteiger charge is 2.20. The van der Waals surface area contributed by atoms with Gasteiger partial charge in [0.25, 0.3) is 0 Å². The van der Waals surface area contributed by atoms with Crippen molar-refractivity contribution in [2.45, 2.75) is 26.4 Å². The average molecular weight is 460 g/mol. The molecule has 0 N–H and O–H groups in total. The molecule has 0 unspecified atom stereocenters. The van der Waals surface area contributed by atoms with Crippen molar-refractivity contribution in [2.24, 2.45) is 0 Å². The van der Waals surface area contributed by atoms with Crippen molar-refractivity contribution in [1.82, 2.24) is 0 Å². The summed E-state index contributed by atoms with van der Waals surface area (Å²) in [5, 5.41) is 0. The fourth-order valence-electron chi connectivity index (χ4n) is 2.71. The quantitative estimate of drug-likeness (QED) is 0.305. The van der Waals surface area contributed by atoms with E-state index < -0.39 is 12.3 Å². The van der Waals surface area contributed by atoms with Crippen molar-refractivity contribution in [3.05, 3.63) is 59.7 Å². The molecule has 7 heteroatoms. The predicted molar refractivity (Wildman–Crippen MR) is 130 cm³/mol. The fourth-order valence-corrected chi connectivity index (χ4v) is 2.71. The Kier molecular flexibility index (Phi) is 10.9. The highest BCUT2D eigenvalue weighted by atomic mass is 19.1. The SMILES string of the molecule is CN(C(=O)OC(C)(C)C)c1ccc(C=Cc2ccc(OCCOCCOCCF)cc2)cc1. The number of anilines is 1. The molecule has 0 aliphatic carbocycles. The van der Waals surface area contributed by atoms with Gasteiger partial charge in [0.1, 0.15) is 24.6 Å². The average Bonchev–Trinajstić information content (AvgIpc) is 2.79. The molecular formula is C26H34FNO5. The van der Waals surface area contributed by atoms with Gasteiger partial charge in [-0.25, -0.2) is 9.18 Å². The summed E-state index contributed by atoms with van der Waals surface area (Å²) < 4.78 is 33.3. The Hall–Kier alpha value is -2.90. The lowest BCUT2D eigenvalue weighted by molar-refractivity contribution is 0.0325. The molecule has 0 aliphatic rings. The molecule has 0 saturated carbocycles. The molecule has 1 amide bonds. The van der Waals surface area contributed by atoms with Crippen molar-refractivity contribution in [1.29, 1.82) is 0 Å². The van der Waals surface area contributed by atoms with Gasteiger partial charge < -0.3 is 18.9 Å². The van der Waals surface area contributed by atoms with Gasteiger partial charge in [0.15, 0.2) is 0 Å². The number of nitrogens with zero attached hydrogens (tertiary/aromatic N) is 1. The minimum Gasteiger partial charge on any atom is -0.491 e. The number of hydrogen-bond acceptors (Lipinski definition) is 5. The van der Waals surface area contributed by atoms with Crippen LogP contribution in [-0.4, -0.2) is 58.5 Å². The van der Waals surface area contributed by atoms with Gasteiger partial charge in [-0.3, -0.25) is 4.90 Å². The van der Waals surface area contributed by atoms with Crippen LogP contribution in [0.25, 0.3) is 12.2 Å². The molecule has 0 atom stereocenters. The molecule has 0 aliphatic heterocycles. The van der Waals surface area contributed by atoms with E-state index in [1.54, 1.807) is 7.05 Å². The lowest BCUT2D eigenvalue weighted by atomic mass is 10.1. The zero-order valence-corrected chi connectivity index (χ0v) is 19.9. The second-order valence-corrected chi connectivity index (χ2v) is 8.30. The Labute approximate surface area is 195 Å². The van der Waals surface area contributed by atoms with E-state index in [9.17, 15) is 9.18 Å². The van der Waals surface area contributed by atoms with Crippen LogP contribution < -0.4 is 9.64 Å². The number of halogens is 1. The highest BCUT2D eigenvalue weighted by molar-refractivity contribution is 5.87. The molecule has 0 fully saturated rings. The van der Waals surface area contributed by atoms with Crippen LogP contribution in [0.1, 0.15) is 31.9 Å². The first-order chi connectivity index (χ1) is 15.8. The normalized spacial score (nSPS) is 11.5. The van der Waals surface area contributed by atoms with E-state index in [0.29, 0.717) is 26.4 Å². The summed E-state index contributed by atoms with van der Waals surface area (Å²) in [7, 11) is 1.69. The van der Waals surface area contributed by atoms with E-state index in [0.717, 1.165) is 22.6 Å². The Morgan fingerprint density at radius 1 is 0.848 bits per heavy atom. The lowest BCUT2D eigenvalue weighted by Gasteiger charge is -2.24. The molecule has 180 valence electrons. The van der Waals surface area contributed by atoms with E-state index in [4.69, 9.17) is 18.9 Å². The molecular weight excluding hydrogens is 425 g/mol. The van der Waals surface area contributed by atoms with Crippen molar-refractivity contribution in [3.63, 3.8) is 0 Å². The van der Waals surface area contributed by atoms with Crippen molar-refractivity contribution >= 4 is 23.9 Å². The van der Waals surface area contributed by atoms with Crippen LogP contribution in [0.2, 0.25) is 0 Å². The van der Waals surface area contributed by atoms with Gasteiger partial charge in [0.2, 0.25) is 0 Å². The van der Waals surface area contributed by atoms with Gasteiger partial charge in [0, 0.05) is 12.7 Å². The zero-order chi connectivity index (χ0) is 24.1. The molecule has 0 saturated heterocycles. The number of alkyl halides is 1. The molecule has 0 spiro atoms. The largest absolute Gasteiger partial charge is 0.491 e. The molecule has 33 heavy (non-hydrogen) atoms. The smallest absolute Gasteiger partial charge is 0.414 e. The van der Waals surface area contributed by atoms with E-state index in [1.807, 2.05) is 81.5 Å².